The maximum absolute atomic E-state index is 14.6. The van der Waals surface area contributed by atoms with Gasteiger partial charge in [-0.1, -0.05) is 5.16 Å². The van der Waals surface area contributed by atoms with Gasteiger partial charge in [-0.15, -0.1) is 0 Å². The van der Waals surface area contributed by atoms with E-state index in [0.717, 1.165) is 4.90 Å². The zero-order chi connectivity index (χ0) is 18.9. The number of cyclic esters (lactones) is 1. The molecule has 27 heavy (non-hydrogen) atoms. The molecule has 3 aliphatic heterocycles. The van der Waals surface area contributed by atoms with Crippen LogP contribution in [-0.4, -0.2) is 42.9 Å². The number of aromatic nitrogens is 1. The monoisotopic (exact) mass is 376 g/mol. The van der Waals surface area contributed by atoms with Crippen molar-refractivity contribution in [3.8, 4) is 0 Å². The average molecular weight is 376 g/mol. The molecule has 1 N–H and O–H groups in total. The molecule has 0 bridgehead atoms. The number of anilines is 3. The summed E-state index contributed by atoms with van der Waals surface area (Å²) in [6, 6.07) is 4.22. The predicted octanol–water partition coefficient (Wildman–Crippen LogP) is 2.10. The van der Waals surface area contributed by atoms with E-state index in [1.807, 2.05) is 0 Å². The largest absolute Gasteiger partial charge is 0.442 e. The lowest BCUT2D eigenvalue weighted by molar-refractivity contribution is -0.141. The van der Waals surface area contributed by atoms with Gasteiger partial charge in [0.25, 0.3) is 0 Å². The van der Waals surface area contributed by atoms with Crippen LogP contribution in [-0.2, 0) is 21.9 Å². The summed E-state index contributed by atoms with van der Waals surface area (Å²) < 4.78 is 39.3. The van der Waals surface area contributed by atoms with Gasteiger partial charge in [-0.2, -0.15) is 8.78 Å². The number of rotatable bonds is 3. The lowest BCUT2D eigenvalue weighted by Gasteiger charge is -2.16. The van der Waals surface area contributed by atoms with Gasteiger partial charge in [0.15, 0.2) is 5.82 Å². The maximum atomic E-state index is 14.6. The van der Waals surface area contributed by atoms with Gasteiger partial charge < -0.3 is 19.5 Å². The summed E-state index contributed by atoms with van der Waals surface area (Å²) in [5, 5.41) is 6.71. The Labute approximate surface area is 151 Å². The Bertz CT molecular complexity index is 962. The number of benzene rings is 1. The zero-order valence-electron chi connectivity index (χ0n) is 14.1. The second-order valence-electron chi connectivity index (χ2n) is 6.73. The summed E-state index contributed by atoms with van der Waals surface area (Å²) in [6.07, 6.45) is 0.443. The third-order valence-electron chi connectivity index (χ3n) is 5.32. The van der Waals surface area contributed by atoms with Gasteiger partial charge in [-0.3, -0.25) is 9.69 Å². The molecule has 1 saturated heterocycles. The highest BCUT2D eigenvalue weighted by atomic mass is 19.3. The Hall–Kier alpha value is -3.17. The third kappa shape index (κ3) is 2.03. The molecular formula is C17H14F2N4O4. The van der Waals surface area contributed by atoms with Gasteiger partial charge in [0.1, 0.15) is 12.4 Å². The molecule has 1 fully saturated rings. The van der Waals surface area contributed by atoms with Crippen LogP contribution in [0.3, 0.4) is 0 Å². The molecular weight excluding hydrogens is 362 g/mol. The lowest BCUT2D eigenvalue weighted by Crippen LogP contribution is -2.37. The van der Waals surface area contributed by atoms with E-state index in [2.05, 4.69) is 10.5 Å². The zero-order valence-corrected chi connectivity index (χ0v) is 14.1. The topological polar surface area (TPSA) is 87.9 Å². The van der Waals surface area contributed by atoms with E-state index in [9.17, 15) is 18.4 Å². The fourth-order valence-electron chi connectivity index (χ4n) is 4.08. The van der Waals surface area contributed by atoms with Crippen molar-refractivity contribution >= 4 is 29.2 Å². The van der Waals surface area contributed by atoms with Crippen molar-refractivity contribution < 1.29 is 27.6 Å². The number of nitrogens with zero attached hydrogens (tertiary/aromatic N) is 3. The summed E-state index contributed by atoms with van der Waals surface area (Å²) in [5.74, 6) is -4.38. The highest BCUT2D eigenvalue weighted by Gasteiger charge is 2.57. The van der Waals surface area contributed by atoms with Crippen LogP contribution in [0.5, 0.6) is 0 Å². The van der Waals surface area contributed by atoms with Gasteiger partial charge in [0.05, 0.1) is 29.5 Å². The number of carbonyl (C=O) groups excluding carboxylic acids is 2. The van der Waals surface area contributed by atoms with Crippen molar-refractivity contribution in [2.24, 2.45) is 0 Å². The molecule has 8 nitrogen and oxygen atoms in total. The molecule has 1 unspecified atom stereocenters. The van der Waals surface area contributed by atoms with Crippen LogP contribution >= 0.6 is 0 Å². The van der Waals surface area contributed by atoms with Crippen molar-refractivity contribution in [3.05, 3.63) is 35.6 Å². The highest BCUT2D eigenvalue weighted by Crippen LogP contribution is 2.51. The number of amides is 2. The van der Waals surface area contributed by atoms with Crippen LogP contribution in [0.2, 0.25) is 0 Å². The minimum atomic E-state index is -3.60. The fourth-order valence-corrected chi connectivity index (χ4v) is 4.08. The Balaban J connectivity index is 1.49. The molecule has 2 aromatic rings. The molecule has 0 radical (unpaired) electrons. The van der Waals surface area contributed by atoms with Gasteiger partial charge >= 0.3 is 17.9 Å². The van der Waals surface area contributed by atoms with E-state index in [1.54, 1.807) is 12.1 Å². The standard InChI is InChI=1S/C17H14F2N4O4/c1-22-10-3-2-9-8(14(10)17(18,19)15(22)24)6-11-12(27-16(25)23(9)11)7-20-13-4-5-26-21-13/h2-5,11-12H,6-7H2,1H3,(H,20,21)/t11-,12?/m0/s1. The van der Waals surface area contributed by atoms with Crippen LogP contribution in [0.1, 0.15) is 11.1 Å². The van der Waals surface area contributed by atoms with Crippen molar-refractivity contribution in [3.63, 3.8) is 0 Å². The van der Waals surface area contributed by atoms with Crippen LogP contribution in [0.25, 0.3) is 0 Å². The number of fused-ring (bicyclic) bond motifs is 5. The number of hydrogen-bond acceptors (Lipinski definition) is 6. The molecule has 140 valence electrons. The number of alkyl halides is 2. The molecule has 10 heteroatoms. The molecule has 3 aliphatic rings. The molecule has 0 spiro atoms. The second-order valence-corrected chi connectivity index (χ2v) is 6.73. The van der Waals surface area contributed by atoms with E-state index in [1.165, 1.54) is 24.3 Å². The summed E-state index contributed by atoms with van der Waals surface area (Å²) in [7, 11) is 1.32. The minimum absolute atomic E-state index is 0.176. The molecule has 2 atom stereocenters. The van der Waals surface area contributed by atoms with Gasteiger partial charge in [-0.05, 0) is 24.1 Å². The predicted molar refractivity (Wildman–Crippen MR) is 89.0 cm³/mol. The summed E-state index contributed by atoms with van der Waals surface area (Å²) in [4.78, 5) is 26.6. The van der Waals surface area contributed by atoms with Crippen LogP contribution in [0.4, 0.5) is 30.8 Å². The lowest BCUT2D eigenvalue weighted by atomic mass is 9.97. The molecule has 0 aliphatic carbocycles. The van der Waals surface area contributed by atoms with E-state index in [0.29, 0.717) is 17.1 Å². The first-order chi connectivity index (χ1) is 12.9. The Morgan fingerprint density at radius 3 is 2.81 bits per heavy atom. The average Bonchev–Trinajstić information content (AvgIpc) is 3.37. The first-order valence-electron chi connectivity index (χ1n) is 8.36. The first-order valence-corrected chi connectivity index (χ1v) is 8.36. The molecule has 1 aromatic heterocycles. The maximum Gasteiger partial charge on any atom is 0.415 e. The van der Waals surface area contributed by atoms with E-state index in [4.69, 9.17) is 9.26 Å². The normalized spacial score (nSPS) is 24.7. The number of nitrogens with one attached hydrogen (secondary N) is 1. The van der Waals surface area contributed by atoms with Crippen LogP contribution in [0.15, 0.2) is 29.0 Å². The van der Waals surface area contributed by atoms with Crippen LogP contribution in [0, 0.1) is 0 Å². The minimum Gasteiger partial charge on any atom is -0.442 e. The quantitative estimate of drug-likeness (QED) is 0.883. The summed E-state index contributed by atoms with van der Waals surface area (Å²) in [6.45, 7) is 0.255. The van der Waals surface area contributed by atoms with Crippen molar-refractivity contribution in [2.75, 3.05) is 28.7 Å². The number of halogens is 2. The number of likely N-dealkylation sites (N-methyl/N-ethyl adjacent to an activating group) is 1. The summed E-state index contributed by atoms with van der Waals surface area (Å²) in [5.41, 5.74) is 0.562. The van der Waals surface area contributed by atoms with E-state index < -0.39 is 30.1 Å². The third-order valence-corrected chi connectivity index (χ3v) is 5.32. The van der Waals surface area contributed by atoms with Crippen LogP contribution < -0.4 is 15.1 Å². The highest BCUT2D eigenvalue weighted by molar-refractivity contribution is 6.07. The van der Waals surface area contributed by atoms with E-state index >= 15 is 0 Å². The molecule has 4 heterocycles. The van der Waals surface area contributed by atoms with Gasteiger partial charge in [0, 0.05) is 13.1 Å². The van der Waals surface area contributed by atoms with Gasteiger partial charge in [0.2, 0.25) is 0 Å². The molecule has 2 amide bonds. The first kappa shape index (κ1) is 16.0. The smallest absolute Gasteiger partial charge is 0.415 e. The molecule has 1 aromatic carbocycles. The number of ether oxygens (including phenoxy) is 1. The number of hydrogen-bond donors (Lipinski definition) is 1. The number of carbonyl (C=O) groups is 2. The van der Waals surface area contributed by atoms with Gasteiger partial charge in [-0.25, -0.2) is 4.79 Å². The van der Waals surface area contributed by atoms with Crippen molar-refractivity contribution in [2.45, 2.75) is 24.5 Å². The Morgan fingerprint density at radius 2 is 2.07 bits per heavy atom. The summed E-state index contributed by atoms with van der Waals surface area (Å²) >= 11 is 0. The van der Waals surface area contributed by atoms with E-state index in [-0.39, 0.29) is 24.2 Å². The SMILES string of the molecule is CN1C(=O)C(F)(F)c2c1ccc1c2C[C@H]2C(CNc3ccon3)OC(=O)N12. The molecule has 0 saturated carbocycles. The fraction of sp³-hybridized carbons (Fsp3) is 0.353. The Kier molecular flexibility index (Phi) is 3.08. The molecule has 5 rings (SSSR count). The Morgan fingerprint density at radius 1 is 1.30 bits per heavy atom. The second kappa shape index (κ2) is 5.18. The van der Waals surface area contributed by atoms with Crippen molar-refractivity contribution in [1.29, 1.82) is 0 Å². The van der Waals surface area contributed by atoms with Crippen molar-refractivity contribution in [1.82, 2.24) is 5.16 Å².